The van der Waals surface area contributed by atoms with E-state index < -0.39 is 0 Å². The molecule has 5 N–H and O–H groups in total. The maximum Gasteiger partial charge on any atom is 0.155 e. The van der Waals surface area contributed by atoms with Crippen molar-refractivity contribution in [2.45, 2.75) is 41.5 Å². The molecule has 0 aliphatic rings. The van der Waals surface area contributed by atoms with Gasteiger partial charge in [0.25, 0.3) is 0 Å². The third-order valence-corrected chi connectivity index (χ3v) is 1.24. The zero-order chi connectivity index (χ0) is 17.6. The maximum atomic E-state index is 10.0. The number of ketones is 3. The molecule has 0 rings (SSSR count). The van der Waals surface area contributed by atoms with Crippen molar-refractivity contribution in [3.05, 3.63) is 35.5 Å². The largest absolute Gasteiger partial charge is 0.512 e. The number of aliphatic hydroxyl groups excluding tert-OH is 3. The van der Waals surface area contributed by atoms with Crippen molar-refractivity contribution >= 4 is 17.3 Å². The molecule has 0 heterocycles. The van der Waals surface area contributed by atoms with Crippen LogP contribution < -0.4 is 0 Å². The minimum atomic E-state index is -0.125. The molecule has 0 saturated heterocycles. The van der Waals surface area contributed by atoms with E-state index in [4.69, 9.17) is 15.3 Å². The van der Waals surface area contributed by atoms with E-state index in [-0.39, 0.29) is 77.4 Å². The molecular weight excluding hydrogens is 459 g/mol. The van der Waals surface area contributed by atoms with Crippen LogP contribution in [0.2, 0.25) is 0 Å². The molecule has 7 nitrogen and oxygen atoms in total. The van der Waals surface area contributed by atoms with Crippen LogP contribution in [0.15, 0.2) is 35.5 Å². The fourth-order valence-electron chi connectivity index (χ4n) is 0.882. The molecule has 0 spiro atoms. The molecule has 23 heavy (non-hydrogen) atoms. The van der Waals surface area contributed by atoms with Crippen LogP contribution in [0.1, 0.15) is 41.5 Å². The summed E-state index contributed by atoms with van der Waals surface area (Å²) in [6.45, 7) is 8.54. The molecule has 0 radical (unpaired) electrons. The Kier molecular flexibility index (Phi) is 30.3. The summed E-state index contributed by atoms with van der Waals surface area (Å²) < 4.78 is 0. The van der Waals surface area contributed by atoms with Gasteiger partial charge in [-0.25, -0.2) is 0 Å². The number of carbonyl (C=O) groups is 3. The average molecular weight is 486 g/mol. The van der Waals surface area contributed by atoms with Crippen LogP contribution in [0, 0.1) is 37.3 Å². The van der Waals surface area contributed by atoms with E-state index in [1.165, 1.54) is 59.8 Å². The van der Waals surface area contributed by atoms with Crippen LogP contribution in [0.4, 0.5) is 0 Å². The SMILES string of the molecule is CC(=O)/C=C(/C)O.CC(=O)/C=C(/C)O.CC(=O)/C=C(/C)O.O.[Er]. The van der Waals surface area contributed by atoms with E-state index in [0.29, 0.717) is 0 Å². The Balaban J connectivity index is -0.0000000675. The molecule has 0 atom stereocenters. The van der Waals surface area contributed by atoms with Crippen LogP contribution in [-0.4, -0.2) is 38.1 Å². The van der Waals surface area contributed by atoms with Crippen LogP contribution >= 0.6 is 0 Å². The van der Waals surface area contributed by atoms with Crippen molar-refractivity contribution < 1.29 is 72.5 Å². The quantitative estimate of drug-likeness (QED) is 0.413. The van der Waals surface area contributed by atoms with Crippen LogP contribution in [-0.2, 0) is 14.4 Å². The molecule has 0 unspecified atom stereocenters. The minimum absolute atomic E-state index is 0. The van der Waals surface area contributed by atoms with E-state index >= 15 is 0 Å². The van der Waals surface area contributed by atoms with Crippen molar-refractivity contribution in [1.29, 1.82) is 0 Å². The molecule has 0 aromatic heterocycles. The smallest absolute Gasteiger partial charge is 0.155 e. The summed E-state index contributed by atoms with van der Waals surface area (Å²) in [4.78, 5) is 30.1. The van der Waals surface area contributed by atoms with Gasteiger partial charge < -0.3 is 20.8 Å². The van der Waals surface area contributed by atoms with Gasteiger partial charge in [0.05, 0.1) is 17.3 Å². The molecule has 0 saturated carbocycles. The van der Waals surface area contributed by atoms with Gasteiger partial charge in [-0.1, -0.05) is 0 Å². The monoisotopic (exact) mass is 484 g/mol. The predicted octanol–water partition coefficient (Wildman–Crippen LogP) is 2.29. The van der Waals surface area contributed by atoms with Gasteiger partial charge in [0.2, 0.25) is 0 Å². The Morgan fingerprint density at radius 2 is 0.696 bits per heavy atom. The molecule has 0 aliphatic heterocycles. The summed E-state index contributed by atoms with van der Waals surface area (Å²) >= 11 is 0. The number of carbonyl (C=O) groups excluding carboxylic acids is 3. The Bertz CT molecular complexity index is 370. The van der Waals surface area contributed by atoms with Gasteiger partial charge in [0.1, 0.15) is 0 Å². The molecule has 0 fully saturated rings. The zero-order valence-electron chi connectivity index (χ0n) is 14.1. The van der Waals surface area contributed by atoms with E-state index in [1.54, 1.807) is 0 Å². The van der Waals surface area contributed by atoms with Gasteiger partial charge in [-0.3, -0.25) is 14.4 Å². The summed E-state index contributed by atoms with van der Waals surface area (Å²) in [5, 5.41) is 25.1. The van der Waals surface area contributed by atoms with E-state index in [2.05, 4.69) is 0 Å². The number of rotatable bonds is 3. The van der Waals surface area contributed by atoms with E-state index in [1.807, 2.05) is 0 Å². The Morgan fingerprint density at radius 1 is 0.565 bits per heavy atom. The molecular formula is C15H26ErO7. The van der Waals surface area contributed by atoms with E-state index in [9.17, 15) is 14.4 Å². The molecule has 0 bridgehead atoms. The second kappa shape index (κ2) is 20.8. The van der Waals surface area contributed by atoms with E-state index in [0.717, 1.165) is 0 Å². The first-order chi connectivity index (χ1) is 9.38. The first-order valence-electron chi connectivity index (χ1n) is 6.02. The van der Waals surface area contributed by atoms with Gasteiger partial charge in [-0.2, -0.15) is 0 Å². The topological polar surface area (TPSA) is 143 Å². The van der Waals surface area contributed by atoms with Gasteiger partial charge in [0, 0.05) is 55.5 Å². The first-order valence-corrected chi connectivity index (χ1v) is 6.02. The Hall–Kier alpha value is -1.16. The zero-order valence-corrected chi connectivity index (χ0v) is 15.9. The minimum Gasteiger partial charge on any atom is -0.512 e. The summed E-state index contributed by atoms with van der Waals surface area (Å²) in [7, 11) is 0. The third-order valence-electron chi connectivity index (χ3n) is 1.24. The normalized spacial score (nSPS) is 10.4. The number of hydrogen-bond donors (Lipinski definition) is 3. The fraction of sp³-hybridized carbons (Fsp3) is 0.400. The van der Waals surface area contributed by atoms with Crippen LogP contribution in [0.25, 0.3) is 0 Å². The van der Waals surface area contributed by atoms with Gasteiger partial charge in [0.15, 0.2) is 17.3 Å². The second-order valence-electron chi connectivity index (χ2n) is 4.19. The standard InChI is InChI=1S/3C5H8O2.Er.H2O/c3*1-4(6)3-5(2)7;;/h3*3,6H,1-2H3;;1H2/b3*4-3-;;. The van der Waals surface area contributed by atoms with Gasteiger partial charge in [-0.15, -0.1) is 0 Å². The van der Waals surface area contributed by atoms with Crippen molar-refractivity contribution in [2.24, 2.45) is 0 Å². The molecule has 0 aromatic carbocycles. The average Bonchev–Trinajstić information content (AvgIpc) is 2.10. The van der Waals surface area contributed by atoms with Crippen molar-refractivity contribution in [2.75, 3.05) is 0 Å². The third kappa shape index (κ3) is 63.0. The molecule has 140 valence electrons. The first kappa shape index (κ1) is 33.4. The Labute approximate surface area is 166 Å². The Morgan fingerprint density at radius 3 is 0.696 bits per heavy atom. The second-order valence-corrected chi connectivity index (χ2v) is 4.19. The predicted molar refractivity (Wildman–Crippen MR) is 84.8 cm³/mol. The number of hydrogen-bond acceptors (Lipinski definition) is 6. The number of aliphatic hydroxyl groups is 3. The maximum absolute atomic E-state index is 10.0. The molecule has 0 aromatic rings. The van der Waals surface area contributed by atoms with Crippen molar-refractivity contribution in [1.82, 2.24) is 0 Å². The fourth-order valence-corrected chi connectivity index (χ4v) is 0.882. The molecule has 0 aliphatic carbocycles. The molecule has 0 amide bonds. The number of allylic oxidation sites excluding steroid dienone is 6. The van der Waals surface area contributed by atoms with Gasteiger partial charge in [-0.05, 0) is 41.5 Å². The van der Waals surface area contributed by atoms with Gasteiger partial charge >= 0.3 is 0 Å². The summed E-state index contributed by atoms with van der Waals surface area (Å²) in [6, 6.07) is 0. The van der Waals surface area contributed by atoms with Crippen LogP contribution in [0.3, 0.4) is 0 Å². The summed E-state index contributed by atoms with van der Waals surface area (Å²) in [5.41, 5.74) is 0. The van der Waals surface area contributed by atoms with Crippen LogP contribution in [0.5, 0.6) is 0 Å². The van der Waals surface area contributed by atoms with Crippen molar-refractivity contribution in [3.8, 4) is 0 Å². The summed E-state index contributed by atoms with van der Waals surface area (Å²) in [6.07, 6.45) is 3.50. The molecule has 8 heteroatoms. The summed E-state index contributed by atoms with van der Waals surface area (Å²) in [5.74, 6) is -0.187. The van der Waals surface area contributed by atoms with Crippen molar-refractivity contribution in [3.63, 3.8) is 0 Å².